The van der Waals surface area contributed by atoms with E-state index in [0.717, 1.165) is 6.92 Å². The fourth-order valence-corrected chi connectivity index (χ4v) is 2.96. The number of phenols is 1. The molecule has 11 N–H and O–H groups in total. The van der Waals surface area contributed by atoms with Crippen LogP contribution in [0.1, 0.15) is 25.3 Å². The van der Waals surface area contributed by atoms with E-state index >= 15 is 0 Å². The first-order valence-electron chi connectivity index (χ1n) is 10.6. The Hall–Kier alpha value is -4.24. The van der Waals surface area contributed by atoms with E-state index in [1.165, 1.54) is 24.3 Å². The summed E-state index contributed by atoms with van der Waals surface area (Å²) in [6.07, 6.45) is -3.20. The van der Waals surface area contributed by atoms with Crippen molar-refractivity contribution in [1.29, 1.82) is 0 Å². The second-order valence-corrected chi connectivity index (χ2v) is 7.93. The number of aliphatic hydroxyl groups is 1. The number of aliphatic carboxylic acids is 2. The molecule has 0 bridgehead atoms. The molecule has 5 unspecified atom stereocenters. The standard InChI is InChI=1S/C21H29N5O10/c1-9(27)17(21(35)36)26-20(34)14(8-15(23)29)25-19(33)13(6-10-2-4-11(28)5-3-10)24-18(32)12(22)7-16(30)31/h2-5,9,12-14,17,27-28H,6-8,22H2,1H3,(H2,23,29)(H,24,32)(H,25,33)(H,26,34)(H,30,31)(H,35,36). The number of amides is 4. The molecule has 0 heterocycles. The number of carbonyl (C=O) groups excluding carboxylic acids is 4. The summed E-state index contributed by atoms with van der Waals surface area (Å²) < 4.78 is 0. The Balaban J connectivity index is 3.16. The lowest BCUT2D eigenvalue weighted by Crippen LogP contribution is -2.59. The summed E-state index contributed by atoms with van der Waals surface area (Å²) in [5.74, 6) is -7.18. The molecule has 1 rings (SSSR count). The van der Waals surface area contributed by atoms with E-state index in [-0.39, 0.29) is 12.2 Å². The van der Waals surface area contributed by atoms with Gasteiger partial charge in [0, 0.05) is 6.42 Å². The van der Waals surface area contributed by atoms with E-state index in [2.05, 4.69) is 10.6 Å². The van der Waals surface area contributed by atoms with Gasteiger partial charge in [-0.15, -0.1) is 0 Å². The molecule has 5 atom stereocenters. The average molecular weight is 511 g/mol. The fraction of sp³-hybridized carbons (Fsp3) is 0.429. The number of carbonyl (C=O) groups is 6. The molecule has 0 saturated heterocycles. The third-order valence-corrected chi connectivity index (χ3v) is 4.82. The number of aromatic hydroxyl groups is 1. The van der Waals surface area contributed by atoms with Crippen molar-refractivity contribution in [3.63, 3.8) is 0 Å². The van der Waals surface area contributed by atoms with Gasteiger partial charge in [-0.2, -0.15) is 0 Å². The van der Waals surface area contributed by atoms with Gasteiger partial charge in [-0.1, -0.05) is 12.1 Å². The Morgan fingerprint density at radius 1 is 0.861 bits per heavy atom. The predicted molar refractivity (Wildman–Crippen MR) is 121 cm³/mol. The maximum atomic E-state index is 13.0. The molecule has 0 aliphatic carbocycles. The molecular formula is C21H29N5O10. The van der Waals surface area contributed by atoms with E-state index in [1.54, 1.807) is 0 Å². The minimum absolute atomic E-state index is 0.0726. The van der Waals surface area contributed by atoms with Crippen LogP contribution in [0.5, 0.6) is 5.75 Å². The Morgan fingerprint density at radius 3 is 1.86 bits per heavy atom. The van der Waals surface area contributed by atoms with E-state index in [0.29, 0.717) is 5.56 Å². The molecule has 15 heteroatoms. The second kappa shape index (κ2) is 13.6. The summed E-state index contributed by atoms with van der Waals surface area (Å²) in [5, 5.41) is 43.5. The SMILES string of the molecule is CC(O)C(NC(=O)C(CC(N)=O)NC(=O)C(Cc1ccc(O)cc1)NC(=O)C(N)CC(=O)O)C(=O)O. The van der Waals surface area contributed by atoms with Crippen LogP contribution in [-0.4, -0.2) is 86.3 Å². The number of carboxylic acids is 2. The number of nitrogens with one attached hydrogen (secondary N) is 3. The number of phenolic OH excluding ortho intramolecular Hbond substituents is 1. The van der Waals surface area contributed by atoms with Gasteiger partial charge in [0.2, 0.25) is 23.6 Å². The minimum atomic E-state index is -1.76. The summed E-state index contributed by atoms with van der Waals surface area (Å²) in [7, 11) is 0. The van der Waals surface area contributed by atoms with Gasteiger partial charge in [-0.05, 0) is 24.6 Å². The van der Waals surface area contributed by atoms with Crippen molar-refractivity contribution in [2.45, 2.75) is 56.5 Å². The molecule has 4 amide bonds. The Bertz CT molecular complexity index is 982. The van der Waals surface area contributed by atoms with Crippen molar-refractivity contribution in [2.24, 2.45) is 11.5 Å². The highest BCUT2D eigenvalue weighted by Gasteiger charge is 2.33. The van der Waals surface area contributed by atoms with Crippen molar-refractivity contribution in [1.82, 2.24) is 16.0 Å². The Kier molecular flexibility index (Phi) is 11.3. The van der Waals surface area contributed by atoms with Crippen LogP contribution < -0.4 is 27.4 Å². The molecule has 0 spiro atoms. The number of aliphatic hydroxyl groups excluding tert-OH is 1. The van der Waals surface area contributed by atoms with Crippen molar-refractivity contribution in [3.8, 4) is 5.75 Å². The number of hydrogen-bond acceptors (Lipinski definition) is 9. The average Bonchev–Trinajstić information content (AvgIpc) is 2.76. The number of nitrogens with two attached hydrogens (primary N) is 2. The summed E-state index contributed by atoms with van der Waals surface area (Å²) in [6.45, 7) is 1.10. The molecule has 15 nitrogen and oxygen atoms in total. The monoisotopic (exact) mass is 511 g/mol. The number of primary amides is 1. The zero-order valence-electron chi connectivity index (χ0n) is 19.2. The van der Waals surface area contributed by atoms with Crippen LogP contribution in [0.3, 0.4) is 0 Å². The minimum Gasteiger partial charge on any atom is -0.508 e. The second-order valence-electron chi connectivity index (χ2n) is 7.93. The van der Waals surface area contributed by atoms with Crippen molar-refractivity contribution in [3.05, 3.63) is 29.8 Å². The molecule has 0 aliphatic rings. The van der Waals surface area contributed by atoms with Gasteiger partial charge in [0.25, 0.3) is 0 Å². The molecule has 0 aromatic heterocycles. The van der Waals surface area contributed by atoms with Gasteiger partial charge < -0.3 is 47.8 Å². The zero-order chi connectivity index (χ0) is 27.6. The molecule has 0 saturated carbocycles. The maximum absolute atomic E-state index is 13.0. The first-order valence-corrected chi connectivity index (χ1v) is 10.6. The molecule has 1 aromatic rings. The molecule has 0 aliphatic heterocycles. The van der Waals surface area contributed by atoms with Gasteiger partial charge in [-0.3, -0.25) is 24.0 Å². The maximum Gasteiger partial charge on any atom is 0.328 e. The molecule has 36 heavy (non-hydrogen) atoms. The number of rotatable bonds is 14. The van der Waals surface area contributed by atoms with Crippen LogP contribution in [0.4, 0.5) is 0 Å². The number of carboxylic acid groups (broad SMARTS) is 2. The van der Waals surface area contributed by atoms with Crippen molar-refractivity contribution >= 4 is 35.6 Å². The van der Waals surface area contributed by atoms with Crippen LogP contribution in [0.2, 0.25) is 0 Å². The number of hydrogen-bond donors (Lipinski definition) is 9. The van der Waals surface area contributed by atoms with Gasteiger partial charge in [0.15, 0.2) is 6.04 Å². The lowest BCUT2D eigenvalue weighted by molar-refractivity contribution is -0.145. The van der Waals surface area contributed by atoms with Gasteiger partial charge >= 0.3 is 11.9 Å². The predicted octanol–water partition coefficient (Wildman–Crippen LogP) is -3.47. The summed E-state index contributed by atoms with van der Waals surface area (Å²) in [5.41, 5.74) is 11.1. The van der Waals surface area contributed by atoms with Crippen molar-refractivity contribution < 1.29 is 49.2 Å². The molecule has 0 fully saturated rings. The topological polar surface area (TPSA) is 271 Å². The summed E-state index contributed by atoms with van der Waals surface area (Å²) >= 11 is 0. The fourth-order valence-electron chi connectivity index (χ4n) is 2.96. The van der Waals surface area contributed by atoms with Gasteiger partial charge in [0.1, 0.15) is 17.8 Å². The largest absolute Gasteiger partial charge is 0.508 e. The van der Waals surface area contributed by atoms with Crippen molar-refractivity contribution in [2.75, 3.05) is 0 Å². The molecule has 198 valence electrons. The first kappa shape index (κ1) is 29.8. The van der Waals surface area contributed by atoms with E-state index in [1.807, 2.05) is 5.32 Å². The van der Waals surface area contributed by atoms with Gasteiger partial charge in [-0.25, -0.2) is 4.79 Å². The molecule has 0 radical (unpaired) electrons. The van der Waals surface area contributed by atoms with Crippen LogP contribution in [0.15, 0.2) is 24.3 Å². The zero-order valence-corrected chi connectivity index (χ0v) is 19.2. The lowest BCUT2D eigenvalue weighted by atomic mass is 10.0. The summed E-state index contributed by atoms with van der Waals surface area (Å²) in [4.78, 5) is 71.6. The van der Waals surface area contributed by atoms with E-state index < -0.39 is 78.7 Å². The lowest BCUT2D eigenvalue weighted by Gasteiger charge is -2.25. The Labute approximate surface area is 204 Å². The normalized spacial score (nSPS) is 14.9. The van der Waals surface area contributed by atoms with Gasteiger partial charge in [0.05, 0.1) is 25.0 Å². The van der Waals surface area contributed by atoms with Crippen LogP contribution in [0.25, 0.3) is 0 Å². The summed E-state index contributed by atoms with van der Waals surface area (Å²) in [6, 6.07) is -0.878. The van der Waals surface area contributed by atoms with Crippen LogP contribution in [0, 0.1) is 0 Å². The third-order valence-electron chi connectivity index (χ3n) is 4.82. The third kappa shape index (κ3) is 9.94. The highest BCUT2D eigenvalue weighted by atomic mass is 16.4. The Morgan fingerprint density at radius 2 is 1.39 bits per heavy atom. The van der Waals surface area contributed by atoms with E-state index in [9.17, 15) is 39.0 Å². The molecule has 1 aromatic carbocycles. The van der Waals surface area contributed by atoms with Crippen LogP contribution in [-0.2, 0) is 35.2 Å². The molecular weight excluding hydrogens is 482 g/mol. The highest BCUT2D eigenvalue weighted by Crippen LogP contribution is 2.12. The highest BCUT2D eigenvalue weighted by molar-refractivity contribution is 5.96. The first-order chi connectivity index (χ1) is 16.7. The number of benzene rings is 1. The quantitative estimate of drug-likeness (QED) is 0.118. The van der Waals surface area contributed by atoms with Crippen LogP contribution >= 0.6 is 0 Å². The smallest absolute Gasteiger partial charge is 0.328 e. The van der Waals surface area contributed by atoms with E-state index in [4.69, 9.17) is 21.7 Å².